The number of aryl methyl sites for hydroxylation is 2. The van der Waals surface area contributed by atoms with Crippen LogP contribution in [0, 0.1) is 13.8 Å². The molecule has 0 heteroatoms. The van der Waals surface area contributed by atoms with Crippen molar-refractivity contribution in [2.45, 2.75) is 49.5 Å². The standard InChI is InChI=1S/C18H20.3CH4/c1-4-5-9-16-11-12-17(13-15(16)3)18-10-7-6-8-14(18)2;;;/h5-13H,4H2,1-3H3;3*1H4/b9-5-;;;. The fraction of sp³-hybridized carbons (Fsp3) is 0.333. The van der Waals surface area contributed by atoms with E-state index in [0.29, 0.717) is 0 Å². The summed E-state index contributed by atoms with van der Waals surface area (Å²) in [6.07, 6.45) is 5.49. The summed E-state index contributed by atoms with van der Waals surface area (Å²) in [4.78, 5) is 0. The van der Waals surface area contributed by atoms with E-state index in [1.807, 2.05) is 0 Å². The second kappa shape index (κ2) is 9.99. The lowest BCUT2D eigenvalue weighted by atomic mass is 9.96. The minimum absolute atomic E-state index is 0. The Morgan fingerprint density at radius 1 is 0.857 bits per heavy atom. The predicted octanol–water partition coefficient (Wildman–Crippen LogP) is 7.30. The molecule has 0 aliphatic carbocycles. The fourth-order valence-corrected chi connectivity index (χ4v) is 2.17. The Morgan fingerprint density at radius 2 is 1.52 bits per heavy atom. The lowest BCUT2D eigenvalue weighted by Crippen LogP contribution is -1.86. The van der Waals surface area contributed by atoms with Gasteiger partial charge in [0.25, 0.3) is 0 Å². The number of hydrogen-bond acceptors (Lipinski definition) is 0. The van der Waals surface area contributed by atoms with E-state index in [-0.39, 0.29) is 22.3 Å². The Labute approximate surface area is 132 Å². The predicted molar refractivity (Wildman–Crippen MR) is 101 cm³/mol. The van der Waals surface area contributed by atoms with E-state index < -0.39 is 0 Å². The topological polar surface area (TPSA) is 0 Å². The maximum atomic E-state index is 2.28. The SMILES string of the molecule is C.C.C.CC/C=C\c1ccc(-c2ccccc2C)cc1C. The van der Waals surface area contributed by atoms with Gasteiger partial charge in [0, 0.05) is 0 Å². The summed E-state index contributed by atoms with van der Waals surface area (Å²) in [5, 5.41) is 0. The minimum atomic E-state index is 0. The third-order valence-electron chi connectivity index (χ3n) is 3.26. The molecule has 0 saturated carbocycles. The fourth-order valence-electron chi connectivity index (χ4n) is 2.17. The van der Waals surface area contributed by atoms with Crippen molar-refractivity contribution < 1.29 is 0 Å². The quantitative estimate of drug-likeness (QED) is 0.554. The normalized spacial score (nSPS) is 9.48. The molecule has 0 bridgehead atoms. The maximum Gasteiger partial charge on any atom is -0.0155 e. The summed E-state index contributed by atoms with van der Waals surface area (Å²) in [7, 11) is 0. The highest BCUT2D eigenvalue weighted by molar-refractivity contribution is 5.70. The molecule has 0 unspecified atom stereocenters. The first-order chi connectivity index (χ1) is 8.72. The van der Waals surface area contributed by atoms with Crippen molar-refractivity contribution in [1.29, 1.82) is 0 Å². The van der Waals surface area contributed by atoms with Crippen molar-refractivity contribution in [3.63, 3.8) is 0 Å². The van der Waals surface area contributed by atoms with Crippen LogP contribution in [0.25, 0.3) is 17.2 Å². The van der Waals surface area contributed by atoms with Gasteiger partial charge in [-0.15, -0.1) is 0 Å². The van der Waals surface area contributed by atoms with Crippen LogP contribution in [0.2, 0.25) is 0 Å². The van der Waals surface area contributed by atoms with Crippen molar-refractivity contribution in [1.82, 2.24) is 0 Å². The molecule has 116 valence electrons. The summed E-state index contributed by atoms with van der Waals surface area (Å²) in [5.74, 6) is 0. The zero-order chi connectivity index (χ0) is 13.0. The van der Waals surface area contributed by atoms with Crippen LogP contribution in [0.4, 0.5) is 0 Å². The lowest BCUT2D eigenvalue weighted by molar-refractivity contribution is 1.23. The Hall–Kier alpha value is -1.82. The van der Waals surface area contributed by atoms with E-state index in [1.54, 1.807) is 0 Å². The third-order valence-corrected chi connectivity index (χ3v) is 3.26. The molecule has 21 heavy (non-hydrogen) atoms. The van der Waals surface area contributed by atoms with Gasteiger partial charge in [-0.25, -0.2) is 0 Å². The van der Waals surface area contributed by atoms with E-state index >= 15 is 0 Å². The second-order valence-corrected chi connectivity index (χ2v) is 4.70. The highest BCUT2D eigenvalue weighted by Gasteiger charge is 2.02. The van der Waals surface area contributed by atoms with Gasteiger partial charge < -0.3 is 0 Å². The Morgan fingerprint density at radius 3 is 2.10 bits per heavy atom. The summed E-state index contributed by atoms with van der Waals surface area (Å²) < 4.78 is 0. The molecule has 2 aromatic carbocycles. The first kappa shape index (κ1) is 21.5. The van der Waals surface area contributed by atoms with Crippen molar-refractivity contribution in [2.24, 2.45) is 0 Å². The van der Waals surface area contributed by atoms with Crippen LogP contribution in [-0.4, -0.2) is 0 Å². The van der Waals surface area contributed by atoms with Gasteiger partial charge in [0.1, 0.15) is 0 Å². The first-order valence-corrected chi connectivity index (χ1v) is 6.55. The van der Waals surface area contributed by atoms with Gasteiger partial charge in [-0.05, 0) is 48.1 Å². The molecule has 2 aromatic rings. The molecule has 0 saturated heterocycles. The summed E-state index contributed by atoms with van der Waals surface area (Å²) >= 11 is 0. The summed E-state index contributed by atoms with van der Waals surface area (Å²) in [6.45, 7) is 6.50. The maximum absolute atomic E-state index is 2.28. The number of benzene rings is 2. The molecule has 0 aliphatic rings. The van der Waals surface area contributed by atoms with E-state index in [0.717, 1.165) is 6.42 Å². The van der Waals surface area contributed by atoms with Crippen LogP contribution < -0.4 is 0 Å². The molecule has 0 heterocycles. The third kappa shape index (κ3) is 5.23. The molecule has 0 radical (unpaired) electrons. The van der Waals surface area contributed by atoms with Crippen molar-refractivity contribution >= 4 is 6.08 Å². The molecular weight excluding hydrogens is 252 g/mol. The van der Waals surface area contributed by atoms with Crippen LogP contribution in [0.3, 0.4) is 0 Å². The van der Waals surface area contributed by atoms with Gasteiger partial charge >= 0.3 is 0 Å². The lowest BCUT2D eigenvalue weighted by Gasteiger charge is -2.08. The number of allylic oxidation sites excluding steroid dienone is 1. The van der Waals surface area contributed by atoms with Crippen LogP contribution in [0.1, 0.15) is 52.3 Å². The summed E-state index contributed by atoms with van der Waals surface area (Å²) in [5.41, 5.74) is 6.61. The molecule has 0 N–H and O–H groups in total. The van der Waals surface area contributed by atoms with Crippen LogP contribution in [-0.2, 0) is 0 Å². The molecule has 0 fully saturated rings. The highest BCUT2D eigenvalue weighted by atomic mass is 14.1. The smallest absolute Gasteiger partial charge is 0.0155 e. The van der Waals surface area contributed by atoms with Gasteiger partial charge in [0.15, 0.2) is 0 Å². The van der Waals surface area contributed by atoms with E-state index in [2.05, 4.69) is 75.4 Å². The molecule has 0 aromatic heterocycles. The number of hydrogen-bond donors (Lipinski definition) is 0. The van der Waals surface area contributed by atoms with Gasteiger partial charge in [-0.1, -0.05) is 83.8 Å². The largest absolute Gasteiger partial charge is 0.0842 e. The second-order valence-electron chi connectivity index (χ2n) is 4.70. The molecule has 0 amide bonds. The van der Waals surface area contributed by atoms with Crippen molar-refractivity contribution in [2.75, 3.05) is 0 Å². The van der Waals surface area contributed by atoms with Gasteiger partial charge in [-0.3, -0.25) is 0 Å². The highest BCUT2D eigenvalue weighted by Crippen LogP contribution is 2.25. The number of rotatable bonds is 3. The molecule has 0 atom stereocenters. The van der Waals surface area contributed by atoms with Crippen LogP contribution in [0.15, 0.2) is 48.5 Å². The van der Waals surface area contributed by atoms with Gasteiger partial charge in [-0.2, -0.15) is 0 Å². The Balaban J connectivity index is 0. The van der Waals surface area contributed by atoms with Gasteiger partial charge in [0.05, 0.1) is 0 Å². The molecule has 0 spiro atoms. The summed E-state index contributed by atoms with van der Waals surface area (Å²) in [6, 6.07) is 15.2. The van der Waals surface area contributed by atoms with Crippen molar-refractivity contribution in [3.05, 3.63) is 65.2 Å². The van der Waals surface area contributed by atoms with Gasteiger partial charge in [0.2, 0.25) is 0 Å². The molecule has 2 rings (SSSR count). The molecule has 0 aliphatic heterocycles. The Bertz CT molecular complexity index is 562. The monoisotopic (exact) mass is 284 g/mol. The van der Waals surface area contributed by atoms with Crippen molar-refractivity contribution in [3.8, 4) is 11.1 Å². The average Bonchev–Trinajstić information content (AvgIpc) is 2.38. The van der Waals surface area contributed by atoms with Crippen LogP contribution in [0.5, 0.6) is 0 Å². The zero-order valence-electron chi connectivity index (χ0n) is 11.4. The Kier molecular flexibility index (Phi) is 10.2. The van der Waals surface area contributed by atoms with E-state index in [1.165, 1.54) is 27.8 Å². The van der Waals surface area contributed by atoms with E-state index in [9.17, 15) is 0 Å². The average molecular weight is 284 g/mol. The molecular formula is C21H32. The first-order valence-electron chi connectivity index (χ1n) is 6.55. The molecule has 0 nitrogen and oxygen atoms in total. The zero-order valence-corrected chi connectivity index (χ0v) is 11.4. The van der Waals surface area contributed by atoms with E-state index in [4.69, 9.17) is 0 Å². The minimum Gasteiger partial charge on any atom is -0.0842 e. The van der Waals surface area contributed by atoms with Crippen LogP contribution >= 0.6 is 0 Å².